The number of ether oxygens (including phenoxy) is 2. The van der Waals surface area contributed by atoms with Gasteiger partial charge in [-0.05, 0) is 75.6 Å². The highest BCUT2D eigenvalue weighted by molar-refractivity contribution is 6.03. The van der Waals surface area contributed by atoms with E-state index in [-0.39, 0.29) is 17.2 Å². The summed E-state index contributed by atoms with van der Waals surface area (Å²) in [7, 11) is 0. The molecule has 0 saturated carbocycles. The van der Waals surface area contributed by atoms with Crippen LogP contribution in [0, 0.1) is 31.0 Å². The van der Waals surface area contributed by atoms with Crippen molar-refractivity contribution >= 4 is 17.8 Å². The molecule has 1 aromatic heterocycles. The van der Waals surface area contributed by atoms with Gasteiger partial charge in [0.2, 0.25) is 5.78 Å². The number of Topliss-reactive ketones (excluding diaryl/α,β-unsaturated/α-hetero) is 1. The molecule has 2 atom stereocenters. The van der Waals surface area contributed by atoms with E-state index in [0.717, 1.165) is 55.1 Å². The van der Waals surface area contributed by atoms with Gasteiger partial charge >= 0.3 is 5.97 Å². The van der Waals surface area contributed by atoms with Crippen LogP contribution in [0.25, 0.3) is 6.08 Å². The first kappa shape index (κ1) is 22.4. The second-order valence-electron chi connectivity index (χ2n) is 7.66. The Labute approximate surface area is 180 Å². The van der Waals surface area contributed by atoms with Gasteiger partial charge in [-0.25, -0.2) is 9.18 Å². The molecule has 0 spiro atoms. The van der Waals surface area contributed by atoms with Crippen molar-refractivity contribution in [3.63, 3.8) is 0 Å². The summed E-state index contributed by atoms with van der Waals surface area (Å²) in [6, 6.07) is 8.74. The summed E-state index contributed by atoms with van der Waals surface area (Å²) in [5, 5.41) is 9.48. The van der Waals surface area contributed by atoms with Crippen LogP contribution < -0.4 is 0 Å². The minimum Gasteiger partial charge on any atom is -0.450 e. The summed E-state index contributed by atoms with van der Waals surface area (Å²) in [5.41, 5.74) is 2.69. The van der Waals surface area contributed by atoms with Gasteiger partial charge in [0, 0.05) is 30.1 Å². The molecule has 2 aromatic rings. The molecule has 1 fully saturated rings. The largest absolute Gasteiger partial charge is 0.450 e. The summed E-state index contributed by atoms with van der Waals surface area (Å²) in [4.78, 5) is 24.9. The number of rotatable bonds is 7. The molecule has 1 saturated heterocycles. The maximum atomic E-state index is 13.0. The Hall–Kier alpha value is -3.24. The molecule has 0 radical (unpaired) electrons. The zero-order valence-corrected chi connectivity index (χ0v) is 17.9. The van der Waals surface area contributed by atoms with E-state index >= 15 is 0 Å². The van der Waals surface area contributed by atoms with Crippen LogP contribution in [-0.2, 0) is 20.8 Å². The van der Waals surface area contributed by atoms with E-state index in [1.165, 1.54) is 25.1 Å². The van der Waals surface area contributed by atoms with Crippen molar-refractivity contribution in [3.8, 4) is 6.07 Å². The van der Waals surface area contributed by atoms with Gasteiger partial charge in [-0.3, -0.25) is 4.79 Å². The SMILES string of the molecule is Cc1cc(/C=C(\C#N)C(=O)O[C@@H](C)C(=O)c2ccc(F)cc2)c(C)n1C[C@@H]1CCCO1. The third kappa shape index (κ3) is 5.28. The van der Waals surface area contributed by atoms with Crippen molar-refractivity contribution in [1.29, 1.82) is 5.26 Å². The number of esters is 1. The first-order chi connectivity index (χ1) is 14.8. The zero-order valence-electron chi connectivity index (χ0n) is 17.9. The van der Waals surface area contributed by atoms with Gasteiger partial charge < -0.3 is 14.0 Å². The number of carbonyl (C=O) groups is 2. The van der Waals surface area contributed by atoms with Crippen molar-refractivity contribution in [2.24, 2.45) is 0 Å². The van der Waals surface area contributed by atoms with Crippen molar-refractivity contribution in [1.82, 2.24) is 4.57 Å². The third-order valence-corrected chi connectivity index (χ3v) is 5.44. The Morgan fingerprint density at radius 3 is 2.68 bits per heavy atom. The average Bonchev–Trinajstić information content (AvgIpc) is 3.35. The highest BCUT2D eigenvalue weighted by atomic mass is 19.1. The molecule has 0 aliphatic carbocycles. The monoisotopic (exact) mass is 424 g/mol. The van der Waals surface area contributed by atoms with Gasteiger partial charge in [-0.15, -0.1) is 0 Å². The molecule has 2 heterocycles. The summed E-state index contributed by atoms with van der Waals surface area (Å²) >= 11 is 0. The molecule has 162 valence electrons. The quantitative estimate of drug-likeness (QED) is 0.289. The molecule has 3 rings (SSSR count). The number of nitrogens with zero attached hydrogens (tertiary/aromatic N) is 2. The first-order valence-corrected chi connectivity index (χ1v) is 10.2. The van der Waals surface area contributed by atoms with Crippen LogP contribution >= 0.6 is 0 Å². The first-order valence-electron chi connectivity index (χ1n) is 10.2. The topological polar surface area (TPSA) is 81.3 Å². The van der Waals surface area contributed by atoms with Crippen molar-refractivity contribution < 1.29 is 23.5 Å². The maximum Gasteiger partial charge on any atom is 0.349 e. The number of nitriles is 1. The Bertz CT molecular complexity index is 1040. The van der Waals surface area contributed by atoms with Gasteiger partial charge in [-0.1, -0.05) is 0 Å². The van der Waals surface area contributed by atoms with Crippen LogP contribution in [0.3, 0.4) is 0 Å². The van der Waals surface area contributed by atoms with Crippen LogP contribution in [0.5, 0.6) is 0 Å². The molecular weight excluding hydrogens is 399 g/mol. The summed E-state index contributed by atoms with van der Waals surface area (Å²) in [5.74, 6) is -1.82. The van der Waals surface area contributed by atoms with Crippen LogP contribution in [0.15, 0.2) is 35.9 Å². The number of benzene rings is 1. The fourth-order valence-electron chi connectivity index (χ4n) is 3.67. The van der Waals surface area contributed by atoms with Gasteiger partial charge in [0.1, 0.15) is 17.5 Å². The van der Waals surface area contributed by atoms with Gasteiger partial charge in [0.05, 0.1) is 6.10 Å². The average molecular weight is 424 g/mol. The number of ketones is 1. The Morgan fingerprint density at radius 2 is 2.06 bits per heavy atom. The summed E-state index contributed by atoms with van der Waals surface area (Å²) in [6.07, 6.45) is 2.60. The predicted molar refractivity (Wildman–Crippen MR) is 113 cm³/mol. The van der Waals surface area contributed by atoms with E-state index < -0.39 is 23.7 Å². The van der Waals surface area contributed by atoms with E-state index in [4.69, 9.17) is 9.47 Å². The summed E-state index contributed by atoms with van der Waals surface area (Å²) < 4.78 is 26.1. The maximum absolute atomic E-state index is 13.0. The molecule has 31 heavy (non-hydrogen) atoms. The van der Waals surface area contributed by atoms with E-state index in [1.807, 2.05) is 26.0 Å². The Kier molecular flexibility index (Phi) is 7.03. The molecule has 0 N–H and O–H groups in total. The molecule has 7 heteroatoms. The lowest BCUT2D eigenvalue weighted by Gasteiger charge is -2.14. The van der Waals surface area contributed by atoms with Gasteiger partial charge in [0.25, 0.3) is 0 Å². The number of halogens is 1. The van der Waals surface area contributed by atoms with E-state index in [2.05, 4.69) is 4.57 Å². The molecule has 1 aliphatic heterocycles. The minimum atomic E-state index is -1.11. The number of hydrogen-bond acceptors (Lipinski definition) is 5. The zero-order chi connectivity index (χ0) is 22.5. The van der Waals surface area contributed by atoms with E-state index in [9.17, 15) is 19.2 Å². The van der Waals surface area contributed by atoms with Crippen LogP contribution in [-0.4, -0.2) is 35.1 Å². The fourth-order valence-corrected chi connectivity index (χ4v) is 3.67. The molecule has 1 aliphatic rings. The van der Waals surface area contributed by atoms with Crippen molar-refractivity contribution in [2.75, 3.05) is 6.61 Å². The van der Waals surface area contributed by atoms with E-state index in [1.54, 1.807) is 0 Å². The standard InChI is InChI=1S/C24H25FN2O4/c1-15-11-19(16(2)27(15)14-22-5-4-10-30-22)12-20(13-26)24(29)31-17(3)23(28)18-6-8-21(25)9-7-18/h6-9,11-12,17,22H,4-5,10,14H2,1-3H3/b20-12+/t17-,22-/m0/s1. The molecule has 0 unspecified atom stereocenters. The smallest absolute Gasteiger partial charge is 0.349 e. The van der Waals surface area contributed by atoms with Gasteiger partial charge in [0.15, 0.2) is 6.10 Å². The highest BCUT2D eigenvalue weighted by Crippen LogP contribution is 2.22. The fraction of sp³-hybridized carbons (Fsp3) is 0.375. The number of aryl methyl sites for hydroxylation is 1. The van der Waals surface area contributed by atoms with E-state index in [0.29, 0.717) is 0 Å². The van der Waals surface area contributed by atoms with Crippen LogP contribution in [0.4, 0.5) is 4.39 Å². The highest BCUT2D eigenvalue weighted by Gasteiger charge is 2.23. The number of aromatic nitrogens is 1. The Morgan fingerprint density at radius 1 is 1.35 bits per heavy atom. The lowest BCUT2D eigenvalue weighted by Crippen LogP contribution is -2.25. The summed E-state index contributed by atoms with van der Waals surface area (Å²) in [6.45, 7) is 6.81. The molecule has 0 bridgehead atoms. The second-order valence-corrected chi connectivity index (χ2v) is 7.66. The number of carbonyl (C=O) groups excluding carboxylic acids is 2. The van der Waals surface area contributed by atoms with Crippen LogP contribution in [0.1, 0.15) is 47.1 Å². The van der Waals surface area contributed by atoms with Crippen LogP contribution in [0.2, 0.25) is 0 Å². The Balaban J connectivity index is 1.73. The number of hydrogen-bond donors (Lipinski definition) is 0. The molecule has 6 nitrogen and oxygen atoms in total. The molecule has 0 amide bonds. The lowest BCUT2D eigenvalue weighted by atomic mass is 10.1. The lowest BCUT2D eigenvalue weighted by molar-refractivity contribution is -0.141. The third-order valence-electron chi connectivity index (χ3n) is 5.44. The molecular formula is C24H25FN2O4. The normalized spacial score (nSPS) is 17.3. The second kappa shape index (κ2) is 9.71. The minimum absolute atomic E-state index is 0.167. The predicted octanol–water partition coefficient (Wildman–Crippen LogP) is 4.14. The van der Waals surface area contributed by atoms with Crippen molar-refractivity contribution in [2.45, 2.75) is 52.4 Å². The van der Waals surface area contributed by atoms with Gasteiger partial charge in [-0.2, -0.15) is 5.26 Å². The van der Waals surface area contributed by atoms with Crippen molar-refractivity contribution in [3.05, 3.63) is 64.2 Å². The molecule has 1 aromatic carbocycles.